The van der Waals surface area contributed by atoms with Gasteiger partial charge in [-0.2, -0.15) is 5.10 Å². The highest BCUT2D eigenvalue weighted by atomic mass is 15.3. The van der Waals surface area contributed by atoms with E-state index in [1.807, 2.05) is 6.20 Å². The minimum Gasteiger partial charge on any atom is -0.314 e. The molecule has 4 nitrogen and oxygen atoms in total. The second-order valence-electron chi connectivity index (χ2n) is 5.71. The van der Waals surface area contributed by atoms with Crippen LogP contribution in [0.1, 0.15) is 30.5 Å². The van der Waals surface area contributed by atoms with Crippen molar-refractivity contribution < 1.29 is 0 Å². The number of hydrogen-bond acceptors (Lipinski definition) is 3. The summed E-state index contributed by atoms with van der Waals surface area (Å²) in [6.45, 7) is 7.33. The molecule has 2 aromatic rings. The first kappa shape index (κ1) is 14.3. The predicted octanol–water partition coefficient (Wildman–Crippen LogP) is 2.44. The Morgan fingerprint density at radius 2 is 2.14 bits per heavy atom. The normalized spacial score (nSPS) is 19.8. The Bertz CT molecular complexity index is 549. The van der Waals surface area contributed by atoms with E-state index in [-0.39, 0.29) is 0 Å². The molecule has 112 valence electrons. The fraction of sp³-hybridized carbons (Fsp3) is 0.471. The number of aryl methyl sites for hydroxylation is 1. The number of piperazine rings is 1. The molecule has 1 fully saturated rings. The van der Waals surface area contributed by atoms with Gasteiger partial charge in [-0.15, -0.1) is 0 Å². The van der Waals surface area contributed by atoms with E-state index < -0.39 is 0 Å². The van der Waals surface area contributed by atoms with Crippen LogP contribution < -0.4 is 5.32 Å². The van der Waals surface area contributed by atoms with Gasteiger partial charge >= 0.3 is 0 Å². The maximum absolute atomic E-state index is 4.44. The average Bonchev–Trinajstić information content (AvgIpc) is 2.96. The highest BCUT2D eigenvalue weighted by Gasteiger charge is 2.23. The van der Waals surface area contributed by atoms with Crippen LogP contribution in [0.25, 0.3) is 0 Å². The topological polar surface area (TPSA) is 33.1 Å². The Morgan fingerprint density at radius 3 is 2.95 bits per heavy atom. The molecule has 0 bridgehead atoms. The lowest BCUT2D eigenvalue weighted by atomic mass is 10.0. The van der Waals surface area contributed by atoms with Crippen molar-refractivity contribution in [3.05, 3.63) is 53.9 Å². The zero-order chi connectivity index (χ0) is 14.5. The molecule has 1 aliphatic rings. The van der Waals surface area contributed by atoms with E-state index in [0.29, 0.717) is 6.04 Å². The van der Waals surface area contributed by atoms with Gasteiger partial charge in [-0.1, -0.05) is 37.3 Å². The van der Waals surface area contributed by atoms with Crippen LogP contribution in [0, 0.1) is 0 Å². The molecule has 0 unspecified atom stereocenters. The van der Waals surface area contributed by atoms with Crippen LogP contribution in [0.4, 0.5) is 0 Å². The van der Waals surface area contributed by atoms with Crippen LogP contribution in [0.5, 0.6) is 0 Å². The summed E-state index contributed by atoms with van der Waals surface area (Å²) >= 11 is 0. The lowest BCUT2D eigenvalue weighted by molar-refractivity contribution is 0.153. The number of nitrogens with one attached hydrogen (secondary N) is 1. The number of rotatable bonds is 5. The summed E-state index contributed by atoms with van der Waals surface area (Å²) in [5, 5.41) is 7.96. The lowest BCUT2D eigenvalue weighted by Gasteiger charge is -2.36. The second kappa shape index (κ2) is 6.87. The van der Waals surface area contributed by atoms with Gasteiger partial charge in [0.1, 0.15) is 0 Å². The molecule has 1 aliphatic heterocycles. The number of hydrogen-bond donors (Lipinski definition) is 1. The van der Waals surface area contributed by atoms with Crippen molar-refractivity contribution in [1.29, 1.82) is 0 Å². The Hall–Kier alpha value is -1.65. The highest BCUT2D eigenvalue weighted by molar-refractivity contribution is 5.20. The van der Waals surface area contributed by atoms with Gasteiger partial charge < -0.3 is 5.32 Å². The van der Waals surface area contributed by atoms with E-state index in [9.17, 15) is 0 Å². The summed E-state index contributed by atoms with van der Waals surface area (Å²) in [5.41, 5.74) is 2.71. The van der Waals surface area contributed by atoms with Gasteiger partial charge in [-0.25, -0.2) is 0 Å². The average molecular weight is 284 g/mol. The van der Waals surface area contributed by atoms with Crippen molar-refractivity contribution in [3.8, 4) is 0 Å². The Labute approximate surface area is 126 Å². The van der Waals surface area contributed by atoms with E-state index in [1.54, 1.807) is 0 Å². The third kappa shape index (κ3) is 3.52. The molecule has 0 spiro atoms. The van der Waals surface area contributed by atoms with E-state index >= 15 is 0 Å². The highest BCUT2D eigenvalue weighted by Crippen LogP contribution is 2.23. The fourth-order valence-electron chi connectivity index (χ4n) is 3.01. The zero-order valence-electron chi connectivity index (χ0n) is 12.7. The zero-order valence-corrected chi connectivity index (χ0v) is 12.7. The number of nitrogens with zero attached hydrogens (tertiary/aromatic N) is 3. The molecule has 1 N–H and O–H groups in total. The molecule has 0 saturated carbocycles. The van der Waals surface area contributed by atoms with Crippen molar-refractivity contribution in [3.63, 3.8) is 0 Å². The van der Waals surface area contributed by atoms with Crippen molar-refractivity contribution in [2.75, 3.05) is 19.6 Å². The van der Waals surface area contributed by atoms with Gasteiger partial charge in [0.25, 0.3) is 0 Å². The van der Waals surface area contributed by atoms with Crippen LogP contribution >= 0.6 is 0 Å². The predicted molar refractivity (Wildman–Crippen MR) is 85.0 cm³/mol. The molecule has 0 amide bonds. The maximum atomic E-state index is 4.44. The standard InChI is InChI=1S/C17H24N4/c1-2-9-21-14-15(11-19-21)13-20-10-8-18-12-17(20)16-6-4-3-5-7-16/h3-7,11,14,17-18H,2,8-10,12-13H2,1H3/t17-/m0/s1. The number of aromatic nitrogens is 2. The van der Waals surface area contributed by atoms with Crippen molar-refractivity contribution in [2.45, 2.75) is 32.5 Å². The molecule has 2 heterocycles. The van der Waals surface area contributed by atoms with E-state index in [4.69, 9.17) is 0 Å². The summed E-state index contributed by atoms with van der Waals surface area (Å²) in [7, 11) is 0. The van der Waals surface area contributed by atoms with Gasteiger partial charge in [0.2, 0.25) is 0 Å². The van der Waals surface area contributed by atoms with Crippen molar-refractivity contribution in [2.24, 2.45) is 0 Å². The summed E-state index contributed by atoms with van der Waals surface area (Å²) in [6.07, 6.45) is 5.33. The summed E-state index contributed by atoms with van der Waals surface area (Å²) in [5.74, 6) is 0. The third-order valence-corrected chi connectivity index (χ3v) is 4.06. The van der Waals surface area contributed by atoms with Crippen molar-refractivity contribution in [1.82, 2.24) is 20.0 Å². The molecule has 4 heteroatoms. The van der Waals surface area contributed by atoms with Crippen LogP contribution in [-0.2, 0) is 13.1 Å². The quantitative estimate of drug-likeness (QED) is 0.915. The molecule has 21 heavy (non-hydrogen) atoms. The molecular weight excluding hydrogens is 260 g/mol. The first-order valence-electron chi connectivity index (χ1n) is 7.88. The van der Waals surface area contributed by atoms with Gasteiger partial charge in [-0.05, 0) is 12.0 Å². The Morgan fingerprint density at radius 1 is 1.29 bits per heavy atom. The molecule has 1 saturated heterocycles. The Kier molecular flexibility index (Phi) is 4.68. The van der Waals surface area contributed by atoms with E-state index in [2.05, 4.69) is 63.4 Å². The Balaban J connectivity index is 1.72. The monoisotopic (exact) mass is 284 g/mol. The van der Waals surface area contributed by atoms with Crippen LogP contribution in [-0.4, -0.2) is 34.3 Å². The van der Waals surface area contributed by atoms with Gasteiger partial charge in [0.05, 0.1) is 6.20 Å². The summed E-state index contributed by atoms with van der Waals surface area (Å²) in [4.78, 5) is 2.55. The molecule has 1 atom stereocenters. The van der Waals surface area contributed by atoms with E-state index in [0.717, 1.165) is 39.1 Å². The van der Waals surface area contributed by atoms with Crippen LogP contribution in [0.2, 0.25) is 0 Å². The molecular formula is C17H24N4. The van der Waals surface area contributed by atoms with Crippen molar-refractivity contribution >= 4 is 0 Å². The maximum Gasteiger partial charge on any atom is 0.0534 e. The lowest BCUT2D eigenvalue weighted by Crippen LogP contribution is -2.45. The summed E-state index contributed by atoms with van der Waals surface area (Å²) < 4.78 is 2.05. The first-order chi connectivity index (χ1) is 10.4. The molecule has 3 rings (SSSR count). The SMILES string of the molecule is CCCn1cc(CN2CCNC[C@H]2c2ccccc2)cn1. The van der Waals surface area contributed by atoms with E-state index in [1.165, 1.54) is 11.1 Å². The molecule has 0 radical (unpaired) electrons. The summed E-state index contributed by atoms with van der Waals surface area (Å²) in [6, 6.07) is 11.2. The second-order valence-corrected chi connectivity index (χ2v) is 5.71. The van der Waals surface area contributed by atoms with Crippen LogP contribution in [0.15, 0.2) is 42.7 Å². The minimum atomic E-state index is 0.453. The smallest absolute Gasteiger partial charge is 0.0534 e. The van der Waals surface area contributed by atoms with Gasteiger partial charge in [0.15, 0.2) is 0 Å². The fourth-order valence-corrected chi connectivity index (χ4v) is 3.01. The third-order valence-electron chi connectivity index (χ3n) is 4.06. The largest absolute Gasteiger partial charge is 0.314 e. The number of benzene rings is 1. The minimum absolute atomic E-state index is 0.453. The molecule has 1 aromatic carbocycles. The molecule has 1 aromatic heterocycles. The van der Waals surface area contributed by atoms with Gasteiger partial charge in [0, 0.05) is 50.5 Å². The van der Waals surface area contributed by atoms with Gasteiger partial charge in [-0.3, -0.25) is 9.58 Å². The molecule has 0 aliphatic carbocycles. The first-order valence-corrected chi connectivity index (χ1v) is 7.88. The van der Waals surface area contributed by atoms with Crippen LogP contribution in [0.3, 0.4) is 0 Å².